The fourth-order valence-corrected chi connectivity index (χ4v) is 1.66. The first-order valence-electron chi connectivity index (χ1n) is 6.02. The van der Waals surface area contributed by atoms with Gasteiger partial charge in [0.15, 0.2) is 11.5 Å². The number of benzene rings is 1. The molecule has 0 atom stereocenters. The molecule has 0 aliphatic rings. The minimum atomic E-state index is -0.638. The molecule has 1 rings (SSSR count). The first-order valence-corrected chi connectivity index (χ1v) is 6.39. The standard InChI is InChI=1S/C14H15ClN2O4/c1-4-6-21-13-11(15)7-10(8-12(13)19-3)9-16-17-14(18)20-5-2/h1,7-9H,5-6H2,2-3H3,(H,17,18)/b16-9-. The van der Waals surface area contributed by atoms with Crippen molar-refractivity contribution >= 4 is 23.9 Å². The topological polar surface area (TPSA) is 69.2 Å². The van der Waals surface area contributed by atoms with E-state index in [1.54, 1.807) is 19.1 Å². The van der Waals surface area contributed by atoms with Crippen molar-refractivity contribution in [3.63, 3.8) is 0 Å². The number of nitrogens with one attached hydrogen (secondary N) is 1. The molecule has 21 heavy (non-hydrogen) atoms. The Morgan fingerprint density at radius 2 is 2.33 bits per heavy atom. The molecule has 7 heteroatoms. The second-order valence-corrected chi connectivity index (χ2v) is 4.02. The highest BCUT2D eigenvalue weighted by atomic mass is 35.5. The zero-order chi connectivity index (χ0) is 15.7. The van der Waals surface area contributed by atoms with Crippen LogP contribution in [0, 0.1) is 12.3 Å². The highest BCUT2D eigenvalue weighted by molar-refractivity contribution is 6.32. The third-order valence-corrected chi connectivity index (χ3v) is 2.48. The average molecular weight is 311 g/mol. The van der Waals surface area contributed by atoms with Crippen molar-refractivity contribution in [1.29, 1.82) is 0 Å². The molecule has 0 aromatic heterocycles. The van der Waals surface area contributed by atoms with Crippen LogP contribution in [0.4, 0.5) is 4.79 Å². The summed E-state index contributed by atoms with van der Waals surface area (Å²) in [6.45, 7) is 2.04. The molecule has 0 heterocycles. The van der Waals surface area contributed by atoms with Gasteiger partial charge in [0.2, 0.25) is 0 Å². The smallest absolute Gasteiger partial charge is 0.427 e. The molecule has 1 amide bonds. The molecule has 0 saturated carbocycles. The van der Waals surface area contributed by atoms with Crippen LogP contribution in [0.3, 0.4) is 0 Å². The Kier molecular flexibility index (Phi) is 6.92. The van der Waals surface area contributed by atoms with Crippen LogP contribution in [0.15, 0.2) is 17.2 Å². The number of amides is 1. The van der Waals surface area contributed by atoms with Crippen LogP contribution in [-0.2, 0) is 4.74 Å². The summed E-state index contributed by atoms with van der Waals surface area (Å²) in [5, 5.41) is 4.05. The minimum absolute atomic E-state index is 0.0773. The van der Waals surface area contributed by atoms with Gasteiger partial charge in [-0.1, -0.05) is 17.5 Å². The number of methoxy groups -OCH3 is 1. The molecular formula is C14H15ClN2O4. The van der Waals surface area contributed by atoms with Crippen molar-refractivity contribution in [3.8, 4) is 23.8 Å². The van der Waals surface area contributed by atoms with E-state index < -0.39 is 6.09 Å². The number of hydrogen-bond acceptors (Lipinski definition) is 5. The fourth-order valence-electron chi connectivity index (χ4n) is 1.39. The van der Waals surface area contributed by atoms with Crippen molar-refractivity contribution in [2.45, 2.75) is 6.92 Å². The number of carbonyl (C=O) groups excluding carboxylic acids is 1. The maximum atomic E-state index is 11.1. The van der Waals surface area contributed by atoms with Crippen LogP contribution in [0.1, 0.15) is 12.5 Å². The zero-order valence-corrected chi connectivity index (χ0v) is 12.4. The van der Waals surface area contributed by atoms with E-state index in [1.807, 2.05) is 0 Å². The lowest BCUT2D eigenvalue weighted by atomic mass is 10.2. The van der Waals surface area contributed by atoms with Gasteiger partial charge in [0, 0.05) is 0 Å². The predicted molar refractivity (Wildman–Crippen MR) is 80.1 cm³/mol. The number of hydrogen-bond donors (Lipinski definition) is 1. The fraction of sp³-hybridized carbons (Fsp3) is 0.286. The van der Waals surface area contributed by atoms with Crippen LogP contribution in [0.25, 0.3) is 0 Å². The van der Waals surface area contributed by atoms with Gasteiger partial charge in [-0.25, -0.2) is 10.2 Å². The number of carbonyl (C=O) groups is 1. The molecule has 0 saturated heterocycles. The Hall–Kier alpha value is -2.39. The van der Waals surface area contributed by atoms with E-state index >= 15 is 0 Å². The number of terminal acetylenes is 1. The second kappa shape index (κ2) is 8.72. The molecule has 1 aromatic rings. The van der Waals surface area contributed by atoms with Crippen molar-refractivity contribution in [1.82, 2.24) is 5.43 Å². The highest BCUT2D eigenvalue weighted by Gasteiger charge is 2.11. The van der Waals surface area contributed by atoms with Crippen LogP contribution in [0.5, 0.6) is 11.5 Å². The molecule has 1 aromatic carbocycles. The monoisotopic (exact) mass is 310 g/mol. The molecule has 0 spiro atoms. The van der Waals surface area contributed by atoms with Gasteiger partial charge >= 0.3 is 6.09 Å². The number of ether oxygens (including phenoxy) is 3. The molecular weight excluding hydrogens is 296 g/mol. The summed E-state index contributed by atoms with van der Waals surface area (Å²) in [7, 11) is 1.48. The van der Waals surface area contributed by atoms with Gasteiger partial charge in [0.05, 0.1) is 25.0 Å². The molecule has 0 bridgehead atoms. The molecule has 6 nitrogen and oxygen atoms in total. The van der Waals surface area contributed by atoms with E-state index in [-0.39, 0.29) is 13.2 Å². The van der Waals surface area contributed by atoms with Gasteiger partial charge in [0.1, 0.15) is 6.61 Å². The Balaban J connectivity index is 2.85. The van der Waals surface area contributed by atoms with Crippen molar-refractivity contribution in [2.24, 2.45) is 5.10 Å². The summed E-state index contributed by atoms with van der Waals surface area (Å²) in [6, 6.07) is 3.25. The quantitative estimate of drug-likeness (QED) is 0.498. The largest absolute Gasteiger partial charge is 0.493 e. The molecule has 1 N–H and O–H groups in total. The average Bonchev–Trinajstić information content (AvgIpc) is 2.46. The summed E-state index contributed by atoms with van der Waals surface area (Å²) in [5.41, 5.74) is 2.82. The number of hydrazone groups is 1. The Morgan fingerprint density at radius 1 is 1.57 bits per heavy atom. The first kappa shape index (κ1) is 16.7. The number of halogens is 1. The van der Waals surface area contributed by atoms with E-state index in [1.165, 1.54) is 13.3 Å². The minimum Gasteiger partial charge on any atom is -0.493 e. The van der Waals surface area contributed by atoms with Crippen LogP contribution < -0.4 is 14.9 Å². The van der Waals surface area contributed by atoms with Gasteiger partial charge in [-0.3, -0.25) is 0 Å². The Labute approximate surface area is 128 Å². The highest BCUT2D eigenvalue weighted by Crippen LogP contribution is 2.35. The Morgan fingerprint density at radius 3 is 2.95 bits per heavy atom. The molecule has 0 fully saturated rings. The molecule has 0 unspecified atom stereocenters. The maximum Gasteiger partial charge on any atom is 0.427 e. The van der Waals surface area contributed by atoms with Crippen LogP contribution in [-0.4, -0.2) is 32.6 Å². The van der Waals surface area contributed by atoms with Gasteiger partial charge in [-0.05, 0) is 24.6 Å². The van der Waals surface area contributed by atoms with E-state index in [0.717, 1.165) is 0 Å². The van der Waals surface area contributed by atoms with Gasteiger partial charge in [-0.15, -0.1) is 6.42 Å². The third-order valence-electron chi connectivity index (χ3n) is 2.20. The SMILES string of the molecule is C#CCOc1c(Cl)cc(/C=N\NC(=O)OCC)cc1OC. The van der Waals surface area contributed by atoms with Crippen LogP contribution in [0.2, 0.25) is 5.02 Å². The lowest BCUT2D eigenvalue weighted by Gasteiger charge is -2.11. The summed E-state index contributed by atoms with van der Waals surface area (Å²) in [4.78, 5) is 11.1. The normalized spacial score (nSPS) is 10.0. The van der Waals surface area contributed by atoms with E-state index in [2.05, 4.69) is 21.2 Å². The summed E-state index contributed by atoms with van der Waals surface area (Å²) in [6.07, 6.45) is 5.90. The third kappa shape index (κ3) is 5.24. The molecule has 0 aliphatic heterocycles. The predicted octanol–water partition coefficient (Wildman–Crippen LogP) is 2.44. The van der Waals surface area contributed by atoms with Gasteiger partial charge in [-0.2, -0.15) is 5.10 Å². The maximum absolute atomic E-state index is 11.1. The summed E-state index contributed by atoms with van der Waals surface area (Å²) in [5.74, 6) is 3.11. The number of rotatable bonds is 6. The van der Waals surface area contributed by atoms with Gasteiger partial charge in [0.25, 0.3) is 0 Å². The first-order chi connectivity index (χ1) is 10.1. The summed E-state index contributed by atoms with van der Waals surface area (Å²) < 4.78 is 15.1. The number of nitrogens with zero attached hydrogens (tertiary/aromatic N) is 1. The lowest BCUT2D eigenvalue weighted by Crippen LogP contribution is -2.18. The van der Waals surface area contributed by atoms with Gasteiger partial charge < -0.3 is 14.2 Å². The second-order valence-electron chi connectivity index (χ2n) is 3.62. The van der Waals surface area contributed by atoms with Crippen molar-refractivity contribution < 1.29 is 19.0 Å². The molecule has 0 aliphatic carbocycles. The van der Waals surface area contributed by atoms with Crippen molar-refractivity contribution in [3.05, 3.63) is 22.7 Å². The van der Waals surface area contributed by atoms with E-state index in [9.17, 15) is 4.79 Å². The summed E-state index contributed by atoms with van der Waals surface area (Å²) >= 11 is 6.09. The molecule has 112 valence electrons. The van der Waals surface area contributed by atoms with Crippen molar-refractivity contribution in [2.75, 3.05) is 20.3 Å². The van der Waals surface area contributed by atoms with Crippen LogP contribution >= 0.6 is 11.6 Å². The Bertz CT molecular complexity index is 567. The molecule has 0 radical (unpaired) electrons. The zero-order valence-electron chi connectivity index (χ0n) is 11.7. The van der Waals surface area contributed by atoms with E-state index in [4.69, 9.17) is 27.5 Å². The lowest BCUT2D eigenvalue weighted by molar-refractivity contribution is 0.152. The van der Waals surface area contributed by atoms with E-state index in [0.29, 0.717) is 22.1 Å².